The lowest BCUT2D eigenvalue weighted by Gasteiger charge is -2.17. The summed E-state index contributed by atoms with van der Waals surface area (Å²) in [4.78, 5) is 26.7. The molecule has 0 radical (unpaired) electrons. The van der Waals surface area contributed by atoms with Gasteiger partial charge in [0.15, 0.2) is 11.5 Å². The molecule has 2 aromatic carbocycles. The summed E-state index contributed by atoms with van der Waals surface area (Å²) in [5, 5.41) is 2.92. The molecule has 6 heteroatoms. The zero-order chi connectivity index (χ0) is 19.0. The molecular formula is C21H22N2O4. The number of fused-ring (bicyclic) bond motifs is 1. The largest absolute Gasteiger partial charge is 0.454 e. The second kappa shape index (κ2) is 6.95. The topological polar surface area (TPSA) is 67.9 Å². The molecule has 2 aromatic rings. The Bertz CT molecular complexity index is 876. The van der Waals surface area contributed by atoms with Gasteiger partial charge in [-0.05, 0) is 35.7 Å². The van der Waals surface area contributed by atoms with Crippen molar-refractivity contribution < 1.29 is 19.1 Å². The Balaban J connectivity index is 1.43. The maximum atomic E-state index is 12.6. The molecule has 0 bridgehead atoms. The smallest absolute Gasteiger partial charge is 0.231 e. The Hall–Kier alpha value is -3.02. The number of amides is 2. The van der Waals surface area contributed by atoms with Gasteiger partial charge in [0.25, 0.3) is 0 Å². The van der Waals surface area contributed by atoms with Crippen LogP contribution in [-0.4, -0.2) is 25.2 Å². The van der Waals surface area contributed by atoms with E-state index in [0.717, 1.165) is 11.4 Å². The van der Waals surface area contributed by atoms with Crippen molar-refractivity contribution in [2.75, 3.05) is 23.6 Å². The van der Waals surface area contributed by atoms with Crippen LogP contribution in [0.15, 0.2) is 42.5 Å². The van der Waals surface area contributed by atoms with Crippen LogP contribution in [0.4, 0.5) is 11.4 Å². The third-order valence-corrected chi connectivity index (χ3v) is 5.01. The number of carbonyl (C=O) groups excluding carboxylic acids is 2. The van der Waals surface area contributed by atoms with E-state index >= 15 is 0 Å². The van der Waals surface area contributed by atoms with E-state index in [1.54, 1.807) is 17.0 Å². The summed E-state index contributed by atoms with van der Waals surface area (Å²) < 4.78 is 10.7. The maximum absolute atomic E-state index is 12.6. The van der Waals surface area contributed by atoms with Crippen LogP contribution >= 0.6 is 0 Å². The molecule has 1 atom stereocenters. The van der Waals surface area contributed by atoms with Gasteiger partial charge < -0.3 is 19.7 Å². The van der Waals surface area contributed by atoms with Gasteiger partial charge in [0.1, 0.15) is 0 Å². The summed E-state index contributed by atoms with van der Waals surface area (Å²) in [6.45, 7) is 4.80. The number of anilines is 2. The summed E-state index contributed by atoms with van der Waals surface area (Å²) in [6, 6.07) is 13.2. The third kappa shape index (κ3) is 3.47. The number of rotatable bonds is 4. The number of nitrogens with zero attached hydrogens (tertiary/aromatic N) is 1. The van der Waals surface area contributed by atoms with E-state index in [2.05, 4.69) is 19.2 Å². The highest BCUT2D eigenvalue weighted by molar-refractivity contribution is 6.03. The first kappa shape index (κ1) is 17.4. The Morgan fingerprint density at radius 2 is 1.85 bits per heavy atom. The second-order valence-electron chi connectivity index (χ2n) is 7.21. The molecule has 1 fully saturated rings. The third-order valence-electron chi connectivity index (χ3n) is 5.01. The lowest BCUT2D eigenvalue weighted by atomic mass is 10.0. The van der Waals surface area contributed by atoms with Crippen molar-refractivity contribution >= 4 is 23.2 Å². The molecule has 2 aliphatic rings. The predicted molar refractivity (Wildman–Crippen MR) is 102 cm³/mol. The van der Waals surface area contributed by atoms with Crippen molar-refractivity contribution in [1.82, 2.24) is 0 Å². The van der Waals surface area contributed by atoms with Gasteiger partial charge in [-0.2, -0.15) is 0 Å². The van der Waals surface area contributed by atoms with Gasteiger partial charge in [0, 0.05) is 30.4 Å². The second-order valence-corrected chi connectivity index (χ2v) is 7.21. The summed E-state index contributed by atoms with van der Waals surface area (Å²) in [5.41, 5.74) is 2.69. The normalized spacial score (nSPS) is 18.3. The molecule has 2 amide bonds. The highest BCUT2D eigenvalue weighted by Crippen LogP contribution is 2.37. The lowest BCUT2D eigenvalue weighted by molar-refractivity contribution is -0.122. The van der Waals surface area contributed by atoms with Crippen LogP contribution in [0.3, 0.4) is 0 Å². The number of nitrogens with one attached hydrogen (secondary N) is 1. The molecule has 1 N–H and O–H groups in total. The zero-order valence-electron chi connectivity index (χ0n) is 15.4. The number of benzene rings is 2. The van der Waals surface area contributed by atoms with E-state index in [-0.39, 0.29) is 30.9 Å². The van der Waals surface area contributed by atoms with Crippen LogP contribution in [-0.2, 0) is 9.59 Å². The molecule has 27 heavy (non-hydrogen) atoms. The van der Waals surface area contributed by atoms with Crippen LogP contribution in [0.25, 0.3) is 0 Å². The van der Waals surface area contributed by atoms with Crippen molar-refractivity contribution in [2.45, 2.75) is 26.2 Å². The maximum Gasteiger partial charge on any atom is 0.231 e. The van der Waals surface area contributed by atoms with Crippen LogP contribution in [0.2, 0.25) is 0 Å². The monoisotopic (exact) mass is 366 g/mol. The summed E-state index contributed by atoms with van der Waals surface area (Å²) in [5.74, 6) is 1.15. The summed E-state index contributed by atoms with van der Waals surface area (Å²) in [6.07, 6.45) is 0.199. The molecule has 1 saturated heterocycles. The summed E-state index contributed by atoms with van der Waals surface area (Å²) >= 11 is 0. The van der Waals surface area contributed by atoms with Crippen LogP contribution in [0.1, 0.15) is 31.7 Å². The first-order chi connectivity index (χ1) is 13.0. The quantitative estimate of drug-likeness (QED) is 0.899. The number of hydrogen-bond donors (Lipinski definition) is 1. The van der Waals surface area contributed by atoms with Gasteiger partial charge in [-0.25, -0.2) is 0 Å². The van der Waals surface area contributed by atoms with Crippen LogP contribution < -0.4 is 19.7 Å². The van der Waals surface area contributed by atoms with Gasteiger partial charge in [0.05, 0.1) is 5.92 Å². The molecular weight excluding hydrogens is 344 g/mol. The molecule has 2 aliphatic heterocycles. The molecule has 6 nitrogen and oxygen atoms in total. The Morgan fingerprint density at radius 1 is 1.11 bits per heavy atom. The van der Waals surface area contributed by atoms with E-state index in [0.29, 0.717) is 24.0 Å². The highest BCUT2D eigenvalue weighted by Gasteiger charge is 2.35. The van der Waals surface area contributed by atoms with Gasteiger partial charge >= 0.3 is 0 Å². The average molecular weight is 366 g/mol. The standard InChI is InChI=1S/C21H22N2O4/c1-13(2)14-3-5-16(6-4-14)22-21(25)15-9-20(24)23(11-15)17-7-8-18-19(10-17)27-12-26-18/h3-8,10,13,15H,9,11-12H2,1-2H3,(H,22,25). The van der Waals surface area contributed by atoms with Crippen molar-refractivity contribution in [3.63, 3.8) is 0 Å². The van der Waals surface area contributed by atoms with Crippen LogP contribution in [0, 0.1) is 5.92 Å². The van der Waals surface area contributed by atoms with E-state index in [1.807, 2.05) is 30.3 Å². The first-order valence-electron chi connectivity index (χ1n) is 9.12. The van der Waals surface area contributed by atoms with Crippen LogP contribution in [0.5, 0.6) is 11.5 Å². The molecule has 1 unspecified atom stereocenters. The zero-order valence-corrected chi connectivity index (χ0v) is 15.4. The number of hydrogen-bond acceptors (Lipinski definition) is 4. The fourth-order valence-corrected chi connectivity index (χ4v) is 3.38. The Morgan fingerprint density at radius 3 is 2.59 bits per heavy atom. The SMILES string of the molecule is CC(C)c1ccc(NC(=O)C2CC(=O)N(c3ccc4c(c3)OCO4)C2)cc1. The fraction of sp³-hybridized carbons (Fsp3) is 0.333. The van der Waals surface area contributed by atoms with Gasteiger partial charge in [0.2, 0.25) is 18.6 Å². The lowest BCUT2D eigenvalue weighted by Crippen LogP contribution is -2.28. The molecule has 0 spiro atoms. The van der Waals surface area contributed by atoms with Crippen molar-refractivity contribution in [3.8, 4) is 11.5 Å². The van der Waals surface area contributed by atoms with E-state index in [9.17, 15) is 9.59 Å². The molecule has 4 rings (SSSR count). The van der Waals surface area contributed by atoms with Gasteiger partial charge in [-0.15, -0.1) is 0 Å². The van der Waals surface area contributed by atoms with Gasteiger partial charge in [-0.1, -0.05) is 26.0 Å². The van der Waals surface area contributed by atoms with Crippen molar-refractivity contribution in [2.24, 2.45) is 5.92 Å². The molecule has 0 aliphatic carbocycles. The highest BCUT2D eigenvalue weighted by atomic mass is 16.7. The van der Waals surface area contributed by atoms with Crippen molar-refractivity contribution in [1.29, 1.82) is 0 Å². The van der Waals surface area contributed by atoms with E-state index in [1.165, 1.54) is 5.56 Å². The molecule has 0 aromatic heterocycles. The Kier molecular flexibility index (Phi) is 4.48. The minimum absolute atomic E-state index is 0.0656. The minimum Gasteiger partial charge on any atom is -0.454 e. The fourth-order valence-electron chi connectivity index (χ4n) is 3.38. The molecule has 2 heterocycles. The van der Waals surface area contributed by atoms with Crippen molar-refractivity contribution in [3.05, 3.63) is 48.0 Å². The summed E-state index contributed by atoms with van der Waals surface area (Å²) in [7, 11) is 0. The number of carbonyl (C=O) groups is 2. The average Bonchev–Trinajstić information content (AvgIpc) is 3.27. The van der Waals surface area contributed by atoms with E-state index in [4.69, 9.17) is 9.47 Å². The minimum atomic E-state index is -0.382. The molecule has 0 saturated carbocycles. The first-order valence-corrected chi connectivity index (χ1v) is 9.12. The number of ether oxygens (including phenoxy) is 2. The Labute approximate surface area is 158 Å². The molecule has 140 valence electrons. The van der Waals surface area contributed by atoms with Gasteiger partial charge in [-0.3, -0.25) is 9.59 Å². The predicted octanol–water partition coefficient (Wildman–Crippen LogP) is 3.53. The van der Waals surface area contributed by atoms with E-state index < -0.39 is 0 Å².